The number of nitrogens with zero attached hydrogens (tertiary/aromatic N) is 4. The molecule has 4 nitrogen and oxygen atoms in total. The molecular formula is C4H4N4. The average Bonchev–Trinajstić information content (AvgIpc) is 2.19. The fourth-order valence-electron chi connectivity index (χ4n) is 0.327. The molecule has 0 saturated carbocycles. The Labute approximate surface area is 46.5 Å². The summed E-state index contributed by atoms with van der Waals surface area (Å²) in [5.74, 6) is 2.64. The van der Waals surface area contributed by atoms with Gasteiger partial charge in [-0.2, -0.15) is 4.68 Å². The number of aromatic nitrogens is 4. The molecule has 0 radical (unpaired) electrons. The molecule has 8 heavy (non-hydrogen) atoms. The van der Waals surface area contributed by atoms with Gasteiger partial charge in [-0.05, 0) is 17.4 Å². The van der Waals surface area contributed by atoms with Crippen molar-refractivity contribution < 1.29 is 0 Å². The monoisotopic (exact) mass is 108 g/mol. The molecule has 0 saturated heterocycles. The molecule has 0 atom stereocenters. The lowest BCUT2D eigenvalue weighted by atomic mass is 10.8. The molecule has 0 unspecified atom stereocenters. The van der Waals surface area contributed by atoms with Crippen molar-refractivity contribution in [2.75, 3.05) is 0 Å². The van der Waals surface area contributed by atoms with Crippen LogP contribution in [0, 0.1) is 12.0 Å². The summed E-state index contributed by atoms with van der Waals surface area (Å²) >= 11 is 0. The van der Waals surface area contributed by atoms with E-state index in [2.05, 4.69) is 27.5 Å². The maximum Gasteiger partial charge on any atom is 0.153 e. The zero-order valence-corrected chi connectivity index (χ0v) is 4.37. The van der Waals surface area contributed by atoms with E-state index in [4.69, 9.17) is 0 Å². The second-order valence-electron chi connectivity index (χ2n) is 1.12. The first-order valence-corrected chi connectivity index (χ1v) is 2.09. The van der Waals surface area contributed by atoms with Crippen LogP contribution in [0.15, 0.2) is 6.33 Å². The zero-order chi connectivity index (χ0) is 5.82. The Hall–Kier alpha value is -1.37. The molecule has 0 aliphatic carbocycles. The lowest BCUT2D eigenvalue weighted by molar-refractivity contribution is 0.808. The third-order valence-electron chi connectivity index (χ3n) is 0.575. The summed E-state index contributed by atoms with van der Waals surface area (Å²) in [6.07, 6.45) is 1.44. The molecule has 0 N–H and O–H groups in total. The quantitative estimate of drug-likeness (QED) is 0.421. The van der Waals surface area contributed by atoms with Gasteiger partial charge < -0.3 is 0 Å². The predicted molar refractivity (Wildman–Crippen MR) is 26.7 cm³/mol. The molecule has 0 amide bonds. The molecule has 0 aliphatic rings. The highest BCUT2D eigenvalue weighted by Gasteiger charge is 1.78. The average molecular weight is 108 g/mol. The van der Waals surface area contributed by atoms with Crippen LogP contribution in [-0.4, -0.2) is 20.2 Å². The van der Waals surface area contributed by atoms with Crippen LogP contribution in [0.2, 0.25) is 0 Å². The van der Waals surface area contributed by atoms with Gasteiger partial charge in [0.25, 0.3) is 0 Å². The van der Waals surface area contributed by atoms with Gasteiger partial charge in [0.2, 0.25) is 0 Å². The molecule has 0 aliphatic heterocycles. The maximum absolute atomic E-state index is 3.49. The van der Waals surface area contributed by atoms with Crippen molar-refractivity contribution in [2.24, 2.45) is 0 Å². The molecule has 1 aromatic heterocycles. The number of tetrazole rings is 1. The van der Waals surface area contributed by atoms with E-state index in [1.807, 2.05) is 0 Å². The van der Waals surface area contributed by atoms with Crippen LogP contribution in [0.5, 0.6) is 0 Å². The second-order valence-corrected chi connectivity index (χ2v) is 1.12. The Morgan fingerprint density at radius 3 is 3.00 bits per heavy atom. The van der Waals surface area contributed by atoms with Crippen molar-refractivity contribution in [1.82, 2.24) is 20.2 Å². The first-order valence-electron chi connectivity index (χ1n) is 2.09. The van der Waals surface area contributed by atoms with Crippen LogP contribution in [0.4, 0.5) is 0 Å². The van der Waals surface area contributed by atoms with Crippen molar-refractivity contribution >= 4 is 0 Å². The van der Waals surface area contributed by atoms with Gasteiger partial charge >= 0.3 is 0 Å². The molecule has 0 fully saturated rings. The minimum absolute atomic E-state index is 1.35. The Balaban J connectivity index is 2.88. The van der Waals surface area contributed by atoms with E-state index in [1.165, 1.54) is 11.0 Å². The van der Waals surface area contributed by atoms with Gasteiger partial charge in [0.05, 0.1) is 0 Å². The Bertz CT molecular complexity index is 202. The minimum Gasteiger partial charge on any atom is -0.157 e. The maximum atomic E-state index is 3.49. The summed E-state index contributed by atoms with van der Waals surface area (Å²) in [4.78, 5) is 0. The number of hydrogen-bond donors (Lipinski definition) is 0. The number of hydrogen-bond acceptors (Lipinski definition) is 3. The van der Waals surface area contributed by atoms with Gasteiger partial charge in [-0.1, -0.05) is 5.92 Å². The van der Waals surface area contributed by atoms with Crippen LogP contribution >= 0.6 is 0 Å². The van der Waals surface area contributed by atoms with E-state index in [-0.39, 0.29) is 0 Å². The standard InChI is InChI=1S/C4H4N4/c1-2-3-8-4-5-6-7-8/h4H,1H3. The SMILES string of the molecule is CC#Cn1cnnn1. The van der Waals surface area contributed by atoms with E-state index in [0.717, 1.165) is 0 Å². The predicted octanol–water partition coefficient (Wildman–Crippen LogP) is -0.498. The fraction of sp³-hybridized carbons (Fsp3) is 0.250. The van der Waals surface area contributed by atoms with E-state index in [1.54, 1.807) is 6.92 Å². The molecule has 1 heterocycles. The van der Waals surface area contributed by atoms with Gasteiger partial charge in [0, 0.05) is 6.04 Å². The lowest BCUT2D eigenvalue weighted by Crippen LogP contribution is -1.87. The third-order valence-corrected chi connectivity index (χ3v) is 0.575. The fourth-order valence-corrected chi connectivity index (χ4v) is 0.327. The first kappa shape index (κ1) is 4.78. The summed E-state index contributed by atoms with van der Waals surface area (Å²) < 4.78 is 1.35. The number of rotatable bonds is 0. The van der Waals surface area contributed by atoms with Gasteiger partial charge in [-0.15, -0.1) is 5.10 Å². The Morgan fingerprint density at radius 1 is 1.62 bits per heavy atom. The highest BCUT2D eigenvalue weighted by Crippen LogP contribution is 1.65. The summed E-state index contributed by atoms with van der Waals surface area (Å²) in [7, 11) is 0. The smallest absolute Gasteiger partial charge is 0.153 e. The van der Waals surface area contributed by atoms with Crippen molar-refractivity contribution in [2.45, 2.75) is 6.92 Å². The van der Waals surface area contributed by atoms with Gasteiger partial charge in [0.15, 0.2) is 6.33 Å². The zero-order valence-electron chi connectivity index (χ0n) is 4.37. The molecule has 1 rings (SSSR count). The molecular weight excluding hydrogens is 104 g/mol. The van der Waals surface area contributed by atoms with Crippen molar-refractivity contribution in [3.63, 3.8) is 0 Å². The van der Waals surface area contributed by atoms with Gasteiger partial charge in [-0.3, -0.25) is 0 Å². The molecule has 0 bridgehead atoms. The molecule has 4 heteroatoms. The van der Waals surface area contributed by atoms with Crippen LogP contribution < -0.4 is 0 Å². The minimum atomic E-state index is 1.35. The Kier molecular flexibility index (Phi) is 1.24. The van der Waals surface area contributed by atoms with Crippen molar-refractivity contribution in [3.05, 3.63) is 6.33 Å². The van der Waals surface area contributed by atoms with Crippen molar-refractivity contribution in [1.29, 1.82) is 0 Å². The molecule has 0 spiro atoms. The summed E-state index contributed by atoms with van der Waals surface area (Å²) in [5.41, 5.74) is 0. The summed E-state index contributed by atoms with van der Waals surface area (Å²) in [5, 5.41) is 10.2. The van der Waals surface area contributed by atoms with E-state index >= 15 is 0 Å². The molecule has 40 valence electrons. The van der Waals surface area contributed by atoms with Crippen LogP contribution in [0.1, 0.15) is 6.92 Å². The van der Waals surface area contributed by atoms with Gasteiger partial charge in [-0.25, -0.2) is 0 Å². The normalized spacial score (nSPS) is 7.62. The molecule has 1 aromatic rings. The van der Waals surface area contributed by atoms with Gasteiger partial charge in [0.1, 0.15) is 0 Å². The topological polar surface area (TPSA) is 43.6 Å². The van der Waals surface area contributed by atoms with Crippen LogP contribution in [-0.2, 0) is 0 Å². The first-order chi connectivity index (χ1) is 3.93. The van der Waals surface area contributed by atoms with Crippen molar-refractivity contribution in [3.8, 4) is 12.0 Å². The van der Waals surface area contributed by atoms with E-state index in [9.17, 15) is 0 Å². The van der Waals surface area contributed by atoms with E-state index < -0.39 is 0 Å². The summed E-state index contributed by atoms with van der Waals surface area (Å²) in [6, 6.07) is 2.62. The largest absolute Gasteiger partial charge is 0.157 e. The second kappa shape index (κ2) is 2.07. The van der Waals surface area contributed by atoms with Crippen LogP contribution in [0.3, 0.4) is 0 Å². The molecule has 0 aromatic carbocycles. The van der Waals surface area contributed by atoms with E-state index in [0.29, 0.717) is 0 Å². The highest BCUT2D eigenvalue weighted by molar-refractivity contribution is 4.94. The highest BCUT2D eigenvalue weighted by atomic mass is 15.5. The third kappa shape index (κ3) is 0.819. The van der Waals surface area contributed by atoms with Crippen LogP contribution in [0.25, 0.3) is 0 Å². The Morgan fingerprint density at radius 2 is 2.50 bits per heavy atom. The summed E-state index contributed by atoms with van der Waals surface area (Å²) in [6.45, 7) is 1.72. The lowest BCUT2D eigenvalue weighted by Gasteiger charge is -1.73.